The zero-order chi connectivity index (χ0) is 5.11. The molecule has 2 nitrogen and oxygen atoms in total. The average Bonchev–Trinajstić information content (AvgIpc) is 2.14. The summed E-state index contributed by atoms with van der Waals surface area (Å²) in [6, 6.07) is 0.389. The molecule has 1 fully saturated rings. The molecular weight excluding hydrogens is 88.1 g/mol. The molecule has 2 N–H and O–H groups in total. The van der Waals surface area contributed by atoms with Crippen LogP contribution in [0.1, 0.15) is 12.8 Å². The third-order valence-electron chi connectivity index (χ3n) is 1.30. The average molecular weight is 98.1 g/mol. The molecule has 0 aromatic carbocycles. The highest BCUT2D eigenvalue weighted by Crippen LogP contribution is 2.00. The Morgan fingerprint density at radius 2 is 2.57 bits per heavy atom. The lowest BCUT2D eigenvalue weighted by molar-refractivity contribution is 0.772. The first-order valence-corrected chi connectivity index (χ1v) is 2.67. The van der Waals surface area contributed by atoms with Crippen molar-refractivity contribution in [3.05, 3.63) is 0 Å². The maximum atomic E-state index is 6.81. The van der Waals surface area contributed by atoms with Crippen molar-refractivity contribution in [2.45, 2.75) is 18.9 Å². The van der Waals surface area contributed by atoms with Gasteiger partial charge in [0, 0.05) is 12.3 Å². The van der Waals surface area contributed by atoms with Gasteiger partial charge in [0.05, 0.1) is 0 Å². The smallest absolute Gasteiger partial charge is 0.0417 e. The van der Waals surface area contributed by atoms with Gasteiger partial charge in [-0.3, -0.25) is 0 Å². The summed E-state index contributed by atoms with van der Waals surface area (Å²) in [6.45, 7) is 1.10. The fourth-order valence-electron chi connectivity index (χ4n) is 0.854. The summed E-state index contributed by atoms with van der Waals surface area (Å²) in [7, 11) is 0. The molecule has 1 rings (SSSR count). The van der Waals surface area contributed by atoms with Crippen LogP contribution in [0.2, 0.25) is 0 Å². The van der Waals surface area contributed by atoms with Crippen molar-refractivity contribution in [1.29, 1.82) is 5.41 Å². The van der Waals surface area contributed by atoms with Gasteiger partial charge in [0.15, 0.2) is 0 Å². The Morgan fingerprint density at radius 3 is 2.86 bits per heavy atom. The maximum Gasteiger partial charge on any atom is 0.0417 e. The lowest BCUT2D eigenvalue weighted by Crippen LogP contribution is -2.21. The minimum absolute atomic E-state index is 0.389. The first-order chi connectivity index (χ1) is 3.43. The van der Waals surface area contributed by atoms with Crippen LogP contribution in [-0.2, 0) is 0 Å². The maximum absolute atomic E-state index is 6.81. The van der Waals surface area contributed by atoms with E-state index in [0.29, 0.717) is 6.04 Å². The Kier molecular flexibility index (Phi) is 1.42. The predicted octanol–water partition coefficient (Wildman–Crippen LogP) is 0.388. The minimum atomic E-state index is 0.389. The molecule has 7 heavy (non-hydrogen) atoms. The third kappa shape index (κ3) is 0.996. The van der Waals surface area contributed by atoms with E-state index in [1.165, 1.54) is 12.6 Å². The number of hydrogen-bond acceptors (Lipinski definition) is 2. The summed E-state index contributed by atoms with van der Waals surface area (Å²) in [5, 5.41) is 9.98. The highest BCUT2D eigenvalue weighted by Gasteiger charge is 2.08. The highest BCUT2D eigenvalue weighted by molar-refractivity contribution is 5.60. The van der Waals surface area contributed by atoms with E-state index < -0.39 is 0 Å². The highest BCUT2D eigenvalue weighted by atomic mass is 14.9. The van der Waals surface area contributed by atoms with Gasteiger partial charge in [-0.2, -0.15) is 0 Å². The predicted molar refractivity (Wildman–Crippen MR) is 29.8 cm³/mol. The molecule has 40 valence electrons. The van der Waals surface area contributed by atoms with Gasteiger partial charge < -0.3 is 10.7 Å². The first-order valence-electron chi connectivity index (χ1n) is 2.67. The van der Waals surface area contributed by atoms with E-state index in [1.807, 2.05) is 0 Å². The van der Waals surface area contributed by atoms with Crippen LogP contribution in [0.15, 0.2) is 0 Å². The molecule has 0 bridgehead atoms. The number of nitrogens with one attached hydrogen (secondary N) is 2. The van der Waals surface area contributed by atoms with E-state index in [9.17, 15) is 0 Å². The largest absolute Gasteiger partial charge is 0.311 e. The lowest BCUT2D eigenvalue weighted by atomic mass is 10.2. The van der Waals surface area contributed by atoms with Gasteiger partial charge in [-0.25, -0.2) is 0 Å². The van der Waals surface area contributed by atoms with Gasteiger partial charge in [-0.1, -0.05) is 0 Å². The Bertz CT molecular complexity index is 64.5. The summed E-state index contributed by atoms with van der Waals surface area (Å²) in [4.78, 5) is 0. The van der Waals surface area contributed by atoms with Crippen LogP contribution in [0.5, 0.6) is 0 Å². The minimum Gasteiger partial charge on any atom is -0.311 e. The molecule has 1 heterocycles. The number of rotatable bonds is 1. The van der Waals surface area contributed by atoms with Crippen molar-refractivity contribution < 1.29 is 0 Å². The van der Waals surface area contributed by atoms with Crippen LogP contribution >= 0.6 is 0 Å². The van der Waals surface area contributed by atoms with Gasteiger partial charge >= 0.3 is 0 Å². The summed E-state index contributed by atoms with van der Waals surface area (Å²) >= 11 is 0. The summed E-state index contributed by atoms with van der Waals surface area (Å²) in [6.07, 6.45) is 3.87. The molecule has 0 saturated carbocycles. The fourth-order valence-corrected chi connectivity index (χ4v) is 0.854. The SMILES string of the molecule is N=C[C@@H]1CCCN1. The normalized spacial score (nSPS) is 30.6. The Balaban J connectivity index is 2.26. The van der Waals surface area contributed by atoms with Crippen LogP contribution in [0.25, 0.3) is 0 Å². The first kappa shape index (κ1) is 4.78. The van der Waals surface area contributed by atoms with Gasteiger partial charge in [-0.05, 0) is 19.4 Å². The fraction of sp³-hybridized carbons (Fsp3) is 0.800. The zero-order valence-electron chi connectivity index (χ0n) is 4.28. The van der Waals surface area contributed by atoms with E-state index in [1.54, 1.807) is 0 Å². The van der Waals surface area contributed by atoms with Crippen LogP contribution in [0.3, 0.4) is 0 Å². The van der Waals surface area contributed by atoms with Crippen LogP contribution < -0.4 is 5.32 Å². The summed E-state index contributed by atoms with van der Waals surface area (Å²) < 4.78 is 0. The Hall–Kier alpha value is -0.370. The van der Waals surface area contributed by atoms with Crippen LogP contribution in [0, 0.1) is 5.41 Å². The molecule has 2 heteroatoms. The van der Waals surface area contributed by atoms with Gasteiger partial charge in [0.2, 0.25) is 0 Å². The summed E-state index contributed by atoms with van der Waals surface area (Å²) in [5.74, 6) is 0. The van der Waals surface area contributed by atoms with Crippen molar-refractivity contribution in [2.24, 2.45) is 0 Å². The van der Waals surface area contributed by atoms with Gasteiger partial charge in [0.1, 0.15) is 0 Å². The molecule has 0 aliphatic carbocycles. The van der Waals surface area contributed by atoms with Crippen molar-refractivity contribution in [1.82, 2.24) is 5.32 Å². The number of hydrogen-bond donors (Lipinski definition) is 2. The lowest BCUT2D eigenvalue weighted by Gasteiger charge is -1.96. The monoisotopic (exact) mass is 98.1 g/mol. The van der Waals surface area contributed by atoms with Crippen molar-refractivity contribution >= 4 is 6.21 Å². The van der Waals surface area contributed by atoms with Crippen molar-refractivity contribution in [3.8, 4) is 0 Å². The Morgan fingerprint density at radius 1 is 1.71 bits per heavy atom. The molecule has 1 saturated heterocycles. The van der Waals surface area contributed by atoms with E-state index >= 15 is 0 Å². The van der Waals surface area contributed by atoms with E-state index in [4.69, 9.17) is 5.41 Å². The van der Waals surface area contributed by atoms with Gasteiger partial charge in [-0.15, -0.1) is 0 Å². The molecule has 1 atom stereocenters. The van der Waals surface area contributed by atoms with Crippen molar-refractivity contribution in [3.63, 3.8) is 0 Å². The van der Waals surface area contributed by atoms with E-state index in [2.05, 4.69) is 5.32 Å². The molecule has 0 amide bonds. The molecule has 0 unspecified atom stereocenters. The van der Waals surface area contributed by atoms with Gasteiger partial charge in [0.25, 0.3) is 0 Å². The van der Waals surface area contributed by atoms with Crippen molar-refractivity contribution in [2.75, 3.05) is 6.54 Å². The second-order valence-corrected chi connectivity index (χ2v) is 1.87. The van der Waals surface area contributed by atoms with E-state index in [-0.39, 0.29) is 0 Å². The zero-order valence-corrected chi connectivity index (χ0v) is 4.28. The molecular formula is C5H10N2. The second kappa shape index (κ2) is 2.07. The topological polar surface area (TPSA) is 35.9 Å². The summed E-state index contributed by atoms with van der Waals surface area (Å²) in [5.41, 5.74) is 0. The second-order valence-electron chi connectivity index (χ2n) is 1.87. The molecule has 0 radical (unpaired) electrons. The molecule has 0 aromatic heterocycles. The molecule has 1 aliphatic rings. The molecule has 0 aromatic rings. The standard InChI is InChI=1S/C5H10N2/c6-4-5-2-1-3-7-5/h4-7H,1-3H2/t5-/m0/s1. The Labute approximate surface area is 43.4 Å². The van der Waals surface area contributed by atoms with E-state index in [0.717, 1.165) is 13.0 Å². The quantitative estimate of drug-likeness (QED) is 0.457. The van der Waals surface area contributed by atoms with Crippen LogP contribution in [0.4, 0.5) is 0 Å². The van der Waals surface area contributed by atoms with Crippen LogP contribution in [-0.4, -0.2) is 18.8 Å². The molecule has 1 aliphatic heterocycles. The third-order valence-corrected chi connectivity index (χ3v) is 1.30. The molecule has 0 spiro atoms.